The first-order valence-electron chi connectivity index (χ1n) is 9.81. The van der Waals surface area contributed by atoms with Crippen molar-refractivity contribution in [2.45, 2.75) is 19.4 Å². The fraction of sp³-hybridized carbons (Fsp3) is 0.217. The van der Waals surface area contributed by atoms with Crippen LogP contribution in [-0.4, -0.2) is 38.8 Å². The number of hydrogen-bond donors (Lipinski definition) is 0. The van der Waals surface area contributed by atoms with Crippen LogP contribution in [0.5, 0.6) is 0 Å². The van der Waals surface area contributed by atoms with E-state index in [4.69, 9.17) is 21.4 Å². The van der Waals surface area contributed by atoms with Crippen molar-refractivity contribution in [1.82, 2.24) is 19.5 Å². The molecule has 5 rings (SSSR count). The zero-order valence-corrected chi connectivity index (χ0v) is 17.4. The van der Waals surface area contributed by atoms with Crippen LogP contribution in [0.3, 0.4) is 0 Å². The van der Waals surface area contributed by atoms with Crippen LogP contribution in [0.4, 0.5) is 4.39 Å². The number of ether oxygens (including phenoxy) is 1. The Labute approximate surface area is 183 Å². The molecule has 0 saturated carbocycles. The number of fused-ring (bicyclic) bond motifs is 1. The molecule has 31 heavy (non-hydrogen) atoms. The van der Waals surface area contributed by atoms with Crippen LogP contribution < -0.4 is 0 Å². The second-order valence-corrected chi connectivity index (χ2v) is 7.83. The lowest BCUT2D eigenvalue weighted by Gasteiger charge is -2.32. The van der Waals surface area contributed by atoms with E-state index in [0.717, 1.165) is 28.8 Å². The summed E-state index contributed by atoms with van der Waals surface area (Å²) in [6.07, 6.45) is 4.26. The number of allylic oxidation sites excluding steroid dienone is 2. The Balaban J connectivity index is 1.78. The molecule has 0 N–H and O–H groups in total. The summed E-state index contributed by atoms with van der Waals surface area (Å²) in [7, 11) is 0. The van der Waals surface area contributed by atoms with Gasteiger partial charge in [0.25, 0.3) is 0 Å². The molecule has 1 saturated heterocycles. The van der Waals surface area contributed by atoms with Gasteiger partial charge in [0, 0.05) is 24.0 Å². The third kappa shape index (κ3) is 3.31. The number of benzene rings is 1. The molecule has 6 nitrogen and oxygen atoms in total. The third-order valence-corrected chi connectivity index (χ3v) is 5.81. The Kier molecular flexibility index (Phi) is 4.84. The summed E-state index contributed by atoms with van der Waals surface area (Å²) in [5.74, 6) is -0.474. The molecular weight excluding hydrogens is 417 g/mol. The van der Waals surface area contributed by atoms with Gasteiger partial charge in [-0.05, 0) is 43.2 Å². The van der Waals surface area contributed by atoms with Gasteiger partial charge < -0.3 is 9.64 Å². The molecule has 1 unspecified atom stereocenters. The first-order valence-corrected chi connectivity index (χ1v) is 10.2. The quantitative estimate of drug-likeness (QED) is 0.572. The molecule has 2 aliphatic rings. The van der Waals surface area contributed by atoms with Crippen LogP contribution in [0, 0.1) is 17.1 Å². The maximum Gasteiger partial charge on any atom is 0.162 e. The van der Waals surface area contributed by atoms with Crippen molar-refractivity contribution in [2.75, 3.05) is 13.2 Å². The summed E-state index contributed by atoms with van der Waals surface area (Å²) in [5.41, 5.74) is 8.21. The molecule has 4 heterocycles. The van der Waals surface area contributed by atoms with Crippen LogP contribution in [0.2, 0.25) is 5.02 Å². The number of aromatic nitrogens is 3. The monoisotopic (exact) mass is 433 g/mol. The Morgan fingerprint density at radius 1 is 1.32 bits per heavy atom. The zero-order chi connectivity index (χ0) is 21.5. The van der Waals surface area contributed by atoms with E-state index < -0.39 is 5.82 Å². The average Bonchev–Trinajstić information content (AvgIpc) is 3.45. The minimum absolute atomic E-state index is 0.0484. The van der Waals surface area contributed by atoms with E-state index >= 15 is 0 Å². The lowest BCUT2D eigenvalue weighted by molar-refractivity contribution is 0.180. The second kappa shape index (κ2) is 7.68. The first-order chi connectivity index (χ1) is 15.1. The van der Waals surface area contributed by atoms with Gasteiger partial charge in [0.15, 0.2) is 11.3 Å². The van der Waals surface area contributed by atoms with E-state index in [-0.39, 0.29) is 11.1 Å². The van der Waals surface area contributed by atoms with Crippen molar-refractivity contribution in [3.8, 4) is 6.07 Å². The summed E-state index contributed by atoms with van der Waals surface area (Å²) in [6.45, 7) is 3.20. The summed E-state index contributed by atoms with van der Waals surface area (Å²) in [6, 6.07) is 10.6. The van der Waals surface area contributed by atoms with E-state index in [9.17, 15) is 9.65 Å². The van der Waals surface area contributed by atoms with E-state index in [1.807, 2.05) is 25.3 Å². The van der Waals surface area contributed by atoms with Gasteiger partial charge in [0.05, 0.1) is 29.6 Å². The van der Waals surface area contributed by atoms with Crippen LogP contribution in [0.15, 0.2) is 54.0 Å². The molecule has 0 aliphatic carbocycles. The van der Waals surface area contributed by atoms with Gasteiger partial charge in [-0.2, -0.15) is 10.4 Å². The molecule has 0 radical (unpaired) electrons. The SMILES string of the molecule is CC1=C=CN(C2CCOC2)C(c2ccc3ncc(C#N)n3n2)=C1c1ccc(F)c(Cl)c1. The lowest BCUT2D eigenvalue weighted by atomic mass is 9.93. The van der Waals surface area contributed by atoms with Crippen LogP contribution in [-0.2, 0) is 4.74 Å². The van der Waals surface area contributed by atoms with Gasteiger partial charge in [-0.25, -0.2) is 13.9 Å². The molecule has 1 aromatic carbocycles. The molecule has 2 aliphatic heterocycles. The molecule has 3 aromatic rings. The fourth-order valence-corrected chi connectivity index (χ4v) is 4.16. The summed E-state index contributed by atoms with van der Waals surface area (Å²) < 4.78 is 21.0. The fourth-order valence-electron chi connectivity index (χ4n) is 3.98. The minimum atomic E-state index is -0.474. The second-order valence-electron chi connectivity index (χ2n) is 7.42. The number of halogens is 2. The molecule has 0 bridgehead atoms. The maximum absolute atomic E-state index is 13.9. The Morgan fingerprint density at radius 3 is 2.94 bits per heavy atom. The molecule has 0 spiro atoms. The maximum atomic E-state index is 13.9. The van der Waals surface area contributed by atoms with Crippen molar-refractivity contribution in [1.29, 1.82) is 5.26 Å². The largest absolute Gasteiger partial charge is 0.379 e. The predicted octanol–water partition coefficient (Wildman–Crippen LogP) is 4.43. The van der Waals surface area contributed by atoms with Crippen molar-refractivity contribution in [3.63, 3.8) is 0 Å². The molecular formula is C23H17ClFN5O. The number of imidazole rings is 1. The smallest absolute Gasteiger partial charge is 0.162 e. The Morgan fingerprint density at radius 2 is 2.19 bits per heavy atom. The van der Waals surface area contributed by atoms with E-state index in [1.54, 1.807) is 12.1 Å². The van der Waals surface area contributed by atoms with Crippen molar-refractivity contribution < 1.29 is 9.13 Å². The number of nitrogens with zero attached hydrogens (tertiary/aromatic N) is 5. The highest BCUT2D eigenvalue weighted by atomic mass is 35.5. The van der Waals surface area contributed by atoms with Crippen molar-refractivity contribution in [3.05, 3.63) is 81.8 Å². The van der Waals surface area contributed by atoms with Gasteiger partial charge in [0.2, 0.25) is 0 Å². The normalized spacial score (nSPS) is 18.6. The highest BCUT2D eigenvalue weighted by Crippen LogP contribution is 2.39. The highest BCUT2D eigenvalue weighted by Gasteiger charge is 2.30. The topological polar surface area (TPSA) is 66.5 Å². The zero-order valence-electron chi connectivity index (χ0n) is 16.6. The molecule has 0 amide bonds. The van der Waals surface area contributed by atoms with E-state index in [1.165, 1.54) is 16.8 Å². The van der Waals surface area contributed by atoms with Crippen LogP contribution in [0.1, 0.15) is 30.3 Å². The minimum Gasteiger partial charge on any atom is -0.379 e. The van der Waals surface area contributed by atoms with Crippen LogP contribution in [0.25, 0.3) is 16.9 Å². The third-order valence-electron chi connectivity index (χ3n) is 5.52. The van der Waals surface area contributed by atoms with Crippen LogP contribution >= 0.6 is 11.6 Å². The van der Waals surface area contributed by atoms with Gasteiger partial charge in [-0.15, -0.1) is 0 Å². The van der Waals surface area contributed by atoms with Gasteiger partial charge >= 0.3 is 0 Å². The standard InChI is InChI=1S/C23H17ClFN5O/c1-14-6-8-29(16-7-9-31-13-16)23(22(14)15-2-3-19(25)18(24)10-15)20-4-5-21-27-12-17(11-26)30(21)28-20/h2-5,8,10,12,16H,7,9,13H2,1H3. The number of nitriles is 1. The molecule has 154 valence electrons. The van der Waals surface area contributed by atoms with Crippen molar-refractivity contribution in [2.24, 2.45) is 0 Å². The molecule has 1 atom stereocenters. The van der Waals surface area contributed by atoms with Gasteiger partial charge in [-0.1, -0.05) is 23.4 Å². The highest BCUT2D eigenvalue weighted by molar-refractivity contribution is 6.31. The summed E-state index contributed by atoms with van der Waals surface area (Å²) >= 11 is 6.11. The molecule has 8 heteroatoms. The van der Waals surface area contributed by atoms with E-state index in [2.05, 4.69) is 21.7 Å². The number of rotatable bonds is 3. The molecule has 2 aromatic heterocycles. The van der Waals surface area contributed by atoms with Crippen molar-refractivity contribution >= 4 is 28.5 Å². The average molecular weight is 434 g/mol. The number of hydrogen-bond acceptors (Lipinski definition) is 5. The Bertz CT molecular complexity index is 1340. The Hall–Kier alpha value is -3.43. The lowest BCUT2D eigenvalue weighted by Crippen LogP contribution is -2.32. The van der Waals surface area contributed by atoms with Gasteiger partial charge in [0.1, 0.15) is 17.6 Å². The first kappa shape index (κ1) is 19.5. The predicted molar refractivity (Wildman–Crippen MR) is 114 cm³/mol. The van der Waals surface area contributed by atoms with Gasteiger partial charge in [-0.3, -0.25) is 0 Å². The summed E-state index contributed by atoms with van der Waals surface area (Å²) in [5, 5.41) is 14.2. The molecule has 1 fully saturated rings. The van der Waals surface area contributed by atoms with E-state index in [0.29, 0.717) is 30.2 Å². The summed E-state index contributed by atoms with van der Waals surface area (Å²) in [4.78, 5) is 6.33.